The summed E-state index contributed by atoms with van der Waals surface area (Å²) in [5.41, 5.74) is 4.20. The summed E-state index contributed by atoms with van der Waals surface area (Å²) in [4.78, 5) is 0. The summed E-state index contributed by atoms with van der Waals surface area (Å²) in [7, 11) is -3.80. The molecule has 0 amide bonds. The fourth-order valence-corrected chi connectivity index (χ4v) is 4.30. The highest BCUT2D eigenvalue weighted by atomic mass is 32.2. The average molecular weight is 336 g/mol. The number of nitrogens with two attached hydrogens (primary N) is 1. The summed E-state index contributed by atoms with van der Waals surface area (Å²) >= 11 is 0. The molecule has 1 aliphatic heterocycles. The third-order valence-electron chi connectivity index (χ3n) is 4.07. The van der Waals surface area contributed by atoms with E-state index in [1.54, 1.807) is 0 Å². The summed E-state index contributed by atoms with van der Waals surface area (Å²) in [6.07, 6.45) is -3.95. The number of hydrogen-bond donors (Lipinski definition) is 1. The predicted octanol–water partition coefficient (Wildman–Crippen LogP) is 2.21. The highest BCUT2D eigenvalue weighted by molar-refractivity contribution is 7.88. The van der Waals surface area contributed by atoms with Crippen LogP contribution in [0.1, 0.15) is 24.5 Å². The molecule has 4 nitrogen and oxygen atoms in total. The van der Waals surface area contributed by atoms with Crippen molar-refractivity contribution in [2.24, 2.45) is 11.1 Å². The van der Waals surface area contributed by atoms with Gasteiger partial charge in [0, 0.05) is 13.1 Å². The molecule has 0 aliphatic carbocycles. The summed E-state index contributed by atoms with van der Waals surface area (Å²) in [6.45, 7) is 2.77. The van der Waals surface area contributed by atoms with Gasteiger partial charge in [0.05, 0.1) is 11.3 Å². The van der Waals surface area contributed by atoms with Gasteiger partial charge in [-0.1, -0.05) is 25.1 Å². The number of nitrogens with zero attached hydrogens (tertiary/aromatic N) is 1. The van der Waals surface area contributed by atoms with Crippen LogP contribution in [0.4, 0.5) is 13.2 Å². The molecule has 1 aliphatic rings. The van der Waals surface area contributed by atoms with Gasteiger partial charge in [0.25, 0.3) is 0 Å². The molecule has 0 saturated carbocycles. The Balaban J connectivity index is 2.24. The maximum absolute atomic E-state index is 13.0. The smallest absolute Gasteiger partial charge is 0.330 e. The van der Waals surface area contributed by atoms with E-state index in [9.17, 15) is 21.6 Å². The minimum atomic E-state index is -4.57. The molecule has 1 fully saturated rings. The molecule has 0 radical (unpaired) electrons. The normalized spacial score (nSPS) is 23.9. The first-order valence-corrected chi connectivity index (χ1v) is 8.51. The zero-order valence-electron chi connectivity index (χ0n) is 12.2. The summed E-state index contributed by atoms with van der Waals surface area (Å²) < 4.78 is 64.9. The van der Waals surface area contributed by atoms with E-state index in [1.165, 1.54) is 22.5 Å². The molecule has 124 valence electrons. The fourth-order valence-electron chi connectivity index (χ4n) is 2.59. The molecule has 1 atom stereocenters. The van der Waals surface area contributed by atoms with E-state index >= 15 is 0 Å². The van der Waals surface area contributed by atoms with E-state index in [1.807, 2.05) is 6.92 Å². The van der Waals surface area contributed by atoms with Gasteiger partial charge < -0.3 is 5.73 Å². The lowest BCUT2D eigenvalue weighted by Crippen LogP contribution is -2.35. The molecule has 2 rings (SSSR count). The Morgan fingerprint density at radius 2 is 1.95 bits per heavy atom. The molecular formula is C14H19F3N2O2S. The first-order chi connectivity index (χ1) is 10.1. The maximum atomic E-state index is 13.0. The molecule has 1 saturated heterocycles. The number of rotatable bonds is 4. The topological polar surface area (TPSA) is 63.4 Å². The standard InChI is InChI=1S/C14H19F3N2O2S/c1-13(9-18)6-7-19(10-13)22(20,21)8-11-4-2-3-5-12(11)14(15,16)17/h2-5H,6-10,18H2,1H3. The van der Waals surface area contributed by atoms with Crippen LogP contribution in [0, 0.1) is 5.41 Å². The SMILES string of the molecule is CC1(CN)CCN(S(=O)(=O)Cc2ccccc2C(F)(F)F)C1. The average Bonchev–Trinajstić information content (AvgIpc) is 2.82. The first-order valence-electron chi connectivity index (χ1n) is 6.90. The molecule has 1 aromatic rings. The van der Waals surface area contributed by atoms with Crippen molar-refractivity contribution in [2.75, 3.05) is 19.6 Å². The van der Waals surface area contributed by atoms with Crippen molar-refractivity contribution in [2.45, 2.75) is 25.3 Å². The van der Waals surface area contributed by atoms with E-state index in [4.69, 9.17) is 5.73 Å². The summed E-state index contributed by atoms with van der Waals surface area (Å²) in [6, 6.07) is 4.77. The van der Waals surface area contributed by atoms with Crippen LogP contribution in [0.15, 0.2) is 24.3 Å². The lowest BCUT2D eigenvalue weighted by Gasteiger charge is -2.23. The maximum Gasteiger partial charge on any atom is 0.416 e. The molecule has 2 N–H and O–H groups in total. The monoisotopic (exact) mass is 336 g/mol. The second kappa shape index (κ2) is 5.82. The summed E-state index contributed by atoms with van der Waals surface area (Å²) in [5, 5.41) is 0. The van der Waals surface area contributed by atoms with Gasteiger partial charge in [-0.3, -0.25) is 0 Å². The molecule has 0 bridgehead atoms. The van der Waals surface area contributed by atoms with Gasteiger partial charge in [0.2, 0.25) is 10.0 Å². The Morgan fingerprint density at radius 3 is 2.50 bits per heavy atom. The van der Waals surface area contributed by atoms with Crippen molar-refractivity contribution < 1.29 is 21.6 Å². The Bertz CT molecular complexity index is 646. The molecular weight excluding hydrogens is 317 g/mol. The number of sulfonamides is 1. The minimum Gasteiger partial charge on any atom is -0.330 e. The van der Waals surface area contributed by atoms with E-state index in [0.29, 0.717) is 19.5 Å². The highest BCUT2D eigenvalue weighted by Gasteiger charge is 2.40. The van der Waals surface area contributed by atoms with Crippen LogP contribution in [0.25, 0.3) is 0 Å². The van der Waals surface area contributed by atoms with Crippen molar-refractivity contribution in [3.63, 3.8) is 0 Å². The van der Waals surface area contributed by atoms with Gasteiger partial charge in [-0.2, -0.15) is 13.2 Å². The molecule has 22 heavy (non-hydrogen) atoms. The highest BCUT2D eigenvalue weighted by Crippen LogP contribution is 2.35. The van der Waals surface area contributed by atoms with E-state index in [-0.39, 0.29) is 17.5 Å². The van der Waals surface area contributed by atoms with E-state index < -0.39 is 27.5 Å². The van der Waals surface area contributed by atoms with Crippen molar-refractivity contribution >= 4 is 10.0 Å². The number of benzene rings is 1. The molecule has 1 heterocycles. The Labute approximate surface area is 128 Å². The van der Waals surface area contributed by atoms with Crippen molar-refractivity contribution in [3.8, 4) is 0 Å². The Morgan fingerprint density at radius 1 is 1.32 bits per heavy atom. The lowest BCUT2D eigenvalue weighted by atomic mass is 9.90. The molecule has 1 aromatic carbocycles. The zero-order chi connectivity index (χ0) is 16.6. The van der Waals surface area contributed by atoms with E-state index in [0.717, 1.165) is 6.07 Å². The van der Waals surface area contributed by atoms with Crippen LogP contribution in [0.5, 0.6) is 0 Å². The van der Waals surface area contributed by atoms with Gasteiger partial charge in [-0.15, -0.1) is 0 Å². The van der Waals surface area contributed by atoms with Crippen LogP contribution in [0.2, 0.25) is 0 Å². The summed E-state index contributed by atoms with van der Waals surface area (Å²) in [5.74, 6) is -0.649. The lowest BCUT2D eigenvalue weighted by molar-refractivity contribution is -0.138. The predicted molar refractivity (Wildman–Crippen MR) is 77.4 cm³/mol. The number of hydrogen-bond acceptors (Lipinski definition) is 3. The number of alkyl halides is 3. The van der Waals surface area contributed by atoms with E-state index in [2.05, 4.69) is 0 Å². The molecule has 0 aromatic heterocycles. The van der Waals surface area contributed by atoms with Crippen LogP contribution in [-0.4, -0.2) is 32.4 Å². The quantitative estimate of drug-likeness (QED) is 0.917. The van der Waals surface area contributed by atoms with Gasteiger partial charge in [0.15, 0.2) is 0 Å². The third kappa shape index (κ3) is 3.61. The second-order valence-electron chi connectivity index (χ2n) is 6.01. The van der Waals surface area contributed by atoms with Gasteiger partial charge in [-0.25, -0.2) is 12.7 Å². The van der Waals surface area contributed by atoms with Crippen LogP contribution >= 0.6 is 0 Å². The van der Waals surface area contributed by atoms with Gasteiger partial charge in [-0.05, 0) is 30.0 Å². The molecule has 0 spiro atoms. The third-order valence-corrected chi connectivity index (χ3v) is 5.84. The fraction of sp³-hybridized carbons (Fsp3) is 0.571. The molecule has 8 heteroatoms. The number of halogens is 3. The Kier molecular flexibility index (Phi) is 4.56. The van der Waals surface area contributed by atoms with Crippen LogP contribution in [0.3, 0.4) is 0 Å². The molecule has 1 unspecified atom stereocenters. The Hall–Kier alpha value is -1.12. The van der Waals surface area contributed by atoms with Gasteiger partial charge >= 0.3 is 6.18 Å². The van der Waals surface area contributed by atoms with Crippen LogP contribution in [-0.2, 0) is 22.0 Å². The first kappa shape index (κ1) is 17.2. The van der Waals surface area contributed by atoms with Crippen molar-refractivity contribution in [3.05, 3.63) is 35.4 Å². The zero-order valence-corrected chi connectivity index (χ0v) is 13.0. The largest absolute Gasteiger partial charge is 0.416 e. The minimum absolute atomic E-state index is 0.226. The van der Waals surface area contributed by atoms with Crippen molar-refractivity contribution in [1.29, 1.82) is 0 Å². The second-order valence-corrected chi connectivity index (χ2v) is 7.98. The van der Waals surface area contributed by atoms with Gasteiger partial charge in [0.1, 0.15) is 0 Å². The van der Waals surface area contributed by atoms with Crippen LogP contribution < -0.4 is 5.73 Å². The van der Waals surface area contributed by atoms with Crippen molar-refractivity contribution in [1.82, 2.24) is 4.31 Å².